The standard InChI is InChI=1S/C13H9F2NO4/c14-9-2-1-3-10(15)12(9)16-11(17)7-20-13(18)8-4-5-19-6-8/h1-6H,7H2,(H,16,17). The van der Waals surface area contributed by atoms with Crippen LogP contribution in [0.1, 0.15) is 10.4 Å². The molecule has 0 aliphatic heterocycles. The largest absolute Gasteiger partial charge is 0.472 e. The Balaban J connectivity index is 1.92. The third-order valence-electron chi connectivity index (χ3n) is 2.32. The molecule has 1 aromatic heterocycles. The van der Waals surface area contributed by atoms with Crippen LogP contribution in [0.15, 0.2) is 41.2 Å². The molecule has 2 rings (SSSR count). The maximum Gasteiger partial charge on any atom is 0.341 e. The number of anilines is 1. The molecular weight excluding hydrogens is 272 g/mol. The molecule has 20 heavy (non-hydrogen) atoms. The van der Waals surface area contributed by atoms with Crippen LogP contribution in [0, 0.1) is 11.6 Å². The Bertz CT molecular complexity index is 605. The van der Waals surface area contributed by atoms with Gasteiger partial charge in [0.05, 0.1) is 11.8 Å². The molecule has 1 amide bonds. The van der Waals surface area contributed by atoms with Crippen molar-refractivity contribution in [3.63, 3.8) is 0 Å². The van der Waals surface area contributed by atoms with E-state index in [0.29, 0.717) is 0 Å². The van der Waals surface area contributed by atoms with E-state index in [0.717, 1.165) is 18.4 Å². The van der Waals surface area contributed by atoms with E-state index < -0.39 is 35.8 Å². The van der Waals surface area contributed by atoms with Gasteiger partial charge in [-0.25, -0.2) is 13.6 Å². The number of hydrogen-bond donors (Lipinski definition) is 1. The van der Waals surface area contributed by atoms with Crippen molar-refractivity contribution in [2.24, 2.45) is 0 Å². The van der Waals surface area contributed by atoms with E-state index in [9.17, 15) is 18.4 Å². The molecule has 0 bridgehead atoms. The SMILES string of the molecule is O=C(COC(=O)c1ccoc1)Nc1c(F)cccc1F. The number of carbonyl (C=O) groups is 2. The highest BCUT2D eigenvalue weighted by molar-refractivity contribution is 5.95. The third kappa shape index (κ3) is 3.19. The fourth-order valence-corrected chi connectivity index (χ4v) is 1.39. The lowest BCUT2D eigenvalue weighted by molar-refractivity contribution is -0.119. The summed E-state index contributed by atoms with van der Waals surface area (Å²) in [5, 5.41) is 1.99. The Morgan fingerprint density at radius 3 is 2.50 bits per heavy atom. The predicted molar refractivity (Wildman–Crippen MR) is 64.0 cm³/mol. The minimum Gasteiger partial charge on any atom is -0.472 e. The Labute approximate surface area is 112 Å². The number of para-hydroxylation sites is 1. The van der Waals surface area contributed by atoms with Crippen LogP contribution in [0.3, 0.4) is 0 Å². The number of halogens is 2. The van der Waals surface area contributed by atoms with Crippen molar-refractivity contribution >= 4 is 17.6 Å². The molecule has 2 aromatic rings. The highest BCUT2D eigenvalue weighted by Crippen LogP contribution is 2.17. The summed E-state index contributed by atoms with van der Waals surface area (Å²) >= 11 is 0. The van der Waals surface area contributed by atoms with Gasteiger partial charge in [0.1, 0.15) is 23.6 Å². The molecule has 7 heteroatoms. The Morgan fingerprint density at radius 2 is 1.90 bits per heavy atom. The zero-order chi connectivity index (χ0) is 14.5. The van der Waals surface area contributed by atoms with Crippen LogP contribution in [0.4, 0.5) is 14.5 Å². The van der Waals surface area contributed by atoms with Gasteiger partial charge in [0.25, 0.3) is 5.91 Å². The van der Waals surface area contributed by atoms with Crippen molar-refractivity contribution in [2.45, 2.75) is 0 Å². The topological polar surface area (TPSA) is 68.5 Å². The van der Waals surface area contributed by atoms with Crippen LogP contribution in [-0.2, 0) is 9.53 Å². The van der Waals surface area contributed by atoms with Crippen molar-refractivity contribution in [3.05, 3.63) is 54.0 Å². The van der Waals surface area contributed by atoms with Crippen LogP contribution in [-0.4, -0.2) is 18.5 Å². The second-order valence-electron chi connectivity index (χ2n) is 3.73. The number of ether oxygens (including phenoxy) is 1. The highest BCUT2D eigenvalue weighted by Gasteiger charge is 2.14. The Morgan fingerprint density at radius 1 is 1.20 bits per heavy atom. The molecule has 0 saturated heterocycles. The second-order valence-corrected chi connectivity index (χ2v) is 3.73. The molecule has 0 aliphatic rings. The number of carbonyl (C=O) groups excluding carboxylic acids is 2. The van der Waals surface area contributed by atoms with Gasteiger partial charge in [0.2, 0.25) is 0 Å². The molecule has 0 spiro atoms. The van der Waals surface area contributed by atoms with Crippen molar-refractivity contribution < 1.29 is 27.5 Å². The summed E-state index contributed by atoms with van der Waals surface area (Å²) in [5.41, 5.74) is -0.452. The molecule has 1 heterocycles. The fraction of sp³-hybridized carbons (Fsp3) is 0.0769. The van der Waals surface area contributed by atoms with Gasteiger partial charge in [-0.3, -0.25) is 4.79 Å². The van der Waals surface area contributed by atoms with Crippen molar-refractivity contribution in [3.8, 4) is 0 Å². The van der Waals surface area contributed by atoms with E-state index in [1.54, 1.807) is 0 Å². The van der Waals surface area contributed by atoms with Gasteiger partial charge in [0, 0.05) is 0 Å². The average Bonchev–Trinajstić information content (AvgIpc) is 2.94. The normalized spacial score (nSPS) is 10.1. The maximum atomic E-state index is 13.3. The molecule has 0 unspecified atom stereocenters. The number of esters is 1. The quantitative estimate of drug-likeness (QED) is 0.873. The van der Waals surface area contributed by atoms with E-state index in [1.807, 2.05) is 5.32 Å². The summed E-state index contributed by atoms with van der Waals surface area (Å²) in [5.74, 6) is -3.47. The Hall–Kier alpha value is -2.70. The summed E-state index contributed by atoms with van der Waals surface area (Å²) in [7, 11) is 0. The number of hydrogen-bond acceptors (Lipinski definition) is 4. The molecule has 0 radical (unpaired) electrons. The first kappa shape index (κ1) is 13.7. The Kier molecular flexibility index (Phi) is 4.09. The maximum absolute atomic E-state index is 13.3. The van der Waals surface area contributed by atoms with Gasteiger partial charge in [-0.2, -0.15) is 0 Å². The number of rotatable bonds is 4. The summed E-state index contributed by atoms with van der Waals surface area (Å²) in [4.78, 5) is 22.8. The second kappa shape index (κ2) is 5.96. The first-order valence-electron chi connectivity index (χ1n) is 5.51. The van der Waals surface area contributed by atoms with E-state index in [2.05, 4.69) is 9.15 Å². The van der Waals surface area contributed by atoms with Gasteiger partial charge < -0.3 is 14.5 Å². The van der Waals surface area contributed by atoms with E-state index in [4.69, 9.17) is 0 Å². The van der Waals surface area contributed by atoms with Crippen LogP contribution in [0.2, 0.25) is 0 Å². The lowest BCUT2D eigenvalue weighted by atomic mass is 10.3. The van der Waals surface area contributed by atoms with E-state index in [1.165, 1.54) is 18.4 Å². The van der Waals surface area contributed by atoms with Crippen LogP contribution in [0.5, 0.6) is 0 Å². The van der Waals surface area contributed by atoms with E-state index in [-0.39, 0.29) is 5.56 Å². The zero-order valence-electron chi connectivity index (χ0n) is 10.1. The van der Waals surface area contributed by atoms with Crippen molar-refractivity contribution in [2.75, 3.05) is 11.9 Å². The van der Waals surface area contributed by atoms with Crippen LogP contribution in [0.25, 0.3) is 0 Å². The van der Waals surface area contributed by atoms with E-state index >= 15 is 0 Å². The van der Waals surface area contributed by atoms with Crippen molar-refractivity contribution in [1.82, 2.24) is 0 Å². The number of furan rings is 1. The molecule has 0 saturated carbocycles. The molecule has 0 aliphatic carbocycles. The van der Waals surface area contributed by atoms with Gasteiger partial charge in [-0.15, -0.1) is 0 Å². The predicted octanol–water partition coefficient (Wildman–Crippen LogP) is 2.35. The zero-order valence-corrected chi connectivity index (χ0v) is 10.1. The lowest BCUT2D eigenvalue weighted by Gasteiger charge is -2.07. The highest BCUT2D eigenvalue weighted by atomic mass is 19.1. The molecule has 0 fully saturated rings. The monoisotopic (exact) mass is 281 g/mol. The molecule has 1 N–H and O–H groups in total. The number of amides is 1. The number of nitrogens with one attached hydrogen (secondary N) is 1. The van der Waals surface area contributed by atoms with Gasteiger partial charge in [0.15, 0.2) is 6.61 Å². The minimum absolute atomic E-state index is 0.134. The summed E-state index contributed by atoms with van der Waals surface area (Å²) < 4.78 is 35.8. The number of benzene rings is 1. The smallest absolute Gasteiger partial charge is 0.341 e. The summed E-state index contributed by atoms with van der Waals surface area (Å²) in [6.07, 6.45) is 2.42. The van der Waals surface area contributed by atoms with Gasteiger partial charge in [-0.05, 0) is 18.2 Å². The molecule has 104 valence electrons. The van der Waals surface area contributed by atoms with Crippen molar-refractivity contribution in [1.29, 1.82) is 0 Å². The van der Waals surface area contributed by atoms with Crippen LogP contribution >= 0.6 is 0 Å². The molecule has 5 nitrogen and oxygen atoms in total. The van der Waals surface area contributed by atoms with Crippen LogP contribution < -0.4 is 5.32 Å². The molecular formula is C13H9F2NO4. The first-order valence-corrected chi connectivity index (χ1v) is 5.51. The molecule has 0 atom stereocenters. The van der Waals surface area contributed by atoms with Gasteiger partial charge in [-0.1, -0.05) is 6.07 Å². The average molecular weight is 281 g/mol. The molecule has 1 aromatic carbocycles. The first-order chi connectivity index (χ1) is 9.58. The summed E-state index contributed by atoms with van der Waals surface area (Å²) in [6.45, 7) is -0.669. The van der Waals surface area contributed by atoms with Gasteiger partial charge >= 0.3 is 5.97 Å². The summed E-state index contributed by atoms with van der Waals surface area (Å²) in [6, 6.07) is 4.52. The fourth-order valence-electron chi connectivity index (χ4n) is 1.39. The third-order valence-corrected chi connectivity index (χ3v) is 2.32. The minimum atomic E-state index is -0.917. The lowest BCUT2D eigenvalue weighted by Crippen LogP contribution is -2.22.